The van der Waals surface area contributed by atoms with Crippen molar-refractivity contribution in [1.82, 2.24) is 19.5 Å². The maximum absolute atomic E-state index is 17.9. The number of rotatable bonds is 5. The second kappa shape index (κ2) is 11.1. The molecule has 4 atom stereocenters. The monoisotopic (exact) mass is 626 g/mol. The van der Waals surface area contributed by atoms with Crippen LogP contribution in [0.1, 0.15) is 61.6 Å². The molecule has 0 saturated carbocycles. The number of hydrogen-bond donors (Lipinski definition) is 0. The first-order chi connectivity index (χ1) is 18.5. The average Bonchev–Trinajstić information content (AvgIpc) is 3.36. The van der Waals surface area contributed by atoms with Crippen molar-refractivity contribution in [2.75, 3.05) is 6.61 Å². The number of ether oxygens (including phenoxy) is 1. The molecule has 8 nitrogen and oxygen atoms in total. The number of halogens is 2. The zero-order chi connectivity index (χ0) is 29.8. The molecule has 13 heteroatoms. The Morgan fingerprint density at radius 1 is 1.00 bits per heavy atom. The van der Waals surface area contributed by atoms with Crippen molar-refractivity contribution in [3.05, 3.63) is 17.8 Å². The molecule has 0 spiro atoms. The molecule has 0 N–H and O–H groups in total. The van der Waals surface area contributed by atoms with Gasteiger partial charge in [0.25, 0.3) is 0 Å². The summed E-state index contributed by atoms with van der Waals surface area (Å²) >= 11 is 6.30. The molecule has 0 unspecified atom stereocenters. The topological polar surface area (TPSA) is 80.5 Å². The Bertz CT molecular complexity index is 1280. The van der Waals surface area contributed by atoms with Crippen LogP contribution in [0.2, 0.25) is 47.0 Å². The van der Waals surface area contributed by atoms with E-state index in [1.54, 1.807) is 4.57 Å². The molecule has 0 bridgehead atoms. The SMILES string of the molecule is CC(C)[Si]1(C(C)C)OC[C@H]2O[C@@H](n3cnc4c(Cl)ncnc43)[C@@](F)(C#C[Si](C)(C)C)[C@@H]2O[Si](C(C)C)(C(C)C)O1. The molecule has 222 valence electrons. The number of aromatic nitrogens is 4. The van der Waals surface area contributed by atoms with Gasteiger partial charge in [-0.05, 0) is 22.2 Å². The van der Waals surface area contributed by atoms with Gasteiger partial charge in [0, 0.05) is 0 Å². The summed E-state index contributed by atoms with van der Waals surface area (Å²) in [6.45, 7) is 23.5. The van der Waals surface area contributed by atoms with Crippen LogP contribution in [0.3, 0.4) is 0 Å². The van der Waals surface area contributed by atoms with Crippen molar-refractivity contribution in [2.45, 2.75) is 121 Å². The molecule has 2 saturated heterocycles. The van der Waals surface area contributed by atoms with Crippen molar-refractivity contribution in [3.8, 4) is 11.5 Å². The second-order valence-corrected chi connectivity index (χ2v) is 27.2. The minimum absolute atomic E-state index is 0.0353. The molecule has 0 radical (unpaired) electrons. The third-order valence-corrected chi connectivity index (χ3v) is 19.3. The normalized spacial score (nSPS) is 28.6. The highest BCUT2D eigenvalue weighted by Crippen LogP contribution is 2.52. The fraction of sp³-hybridized carbons (Fsp3) is 0.741. The molecule has 2 aromatic heterocycles. The van der Waals surface area contributed by atoms with Crippen LogP contribution in [0.25, 0.3) is 11.2 Å². The Morgan fingerprint density at radius 3 is 2.15 bits per heavy atom. The fourth-order valence-corrected chi connectivity index (χ4v) is 17.8. The van der Waals surface area contributed by atoms with Crippen molar-refractivity contribution >= 4 is 48.0 Å². The molecular formula is C27H44ClFN4O4Si3. The number of imidazole rings is 1. The van der Waals surface area contributed by atoms with Gasteiger partial charge in [-0.1, -0.05) is 92.6 Å². The van der Waals surface area contributed by atoms with Gasteiger partial charge >= 0.3 is 17.1 Å². The smallest absolute Gasteiger partial charge is 0.335 e. The van der Waals surface area contributed by atoms with E-state index in [1.807, 2.05) is 0 Å². The molecule has 40 heavy (non-hydrogen) atoms. The summed E-state index contributed by atoms with van der Waals surface area (Å²) < 4.78 is 47.3. The van der Waals surface area contributed by atoms with Gasteiger partial charge in [-0.2, -0.15) is 0 Å². The van der Waals surface area contributed by atoms with E-state index in [0.29, 0.717) is 11.2 Å². The maximum Gasteiger partial charge on any atom is 0.335 e. The van der Waals surface area contributed by atoms with E-state index < -0.39 is 49.3 Å². The van der Waals surface area contributed by atoms with E-state index in [0.717, 1.165) is 0 Å². The maximum atomic E-state index is 17.9. The average molecular weight is 627 g/mol. The van der Waals surface area contributed by atoms with Crippen molar-refractivity contribution in [3.63, 3.8) is 0 Å². The Labute approximate surface area is 246 Å². The zero-order valence-corrected chi connectivity index (χ0v) is 29.3. The fourth-order valence-electron chi connectivity index (χ4n) is 5.84. The third kappa shape index (κ3) is 5.37. The molecule has 0 aliphatic carbocycles. The first kappa shape index (κ1) is 31.7. The standard InChI is InChI=1S/C27H44ClFN4O4Si3/c1-17(2)39(18(3)4)34-14-21-23(36-40(37-39,19(5)6)20(7)8)27(29,12-13-38(9,10)11)26(35-21)33-16-32-22-24(28)30-15-31-25(22)33/h15-21,23,26H,14H2,1-11H3/t21-,23-,26-,27-/m1/s1. The molecule has 2 fully saturated rings. The zero-order valence-electron chi connectivity index (χ0n) is 25.6. The van der Waals surface area contributed by atoms with Gasteiger partial charge in [-0.3, -0.25) is 4.57 Å². The summed E-state index contributed by atoms with van der Waals surface area (Å²) in [5, 5.41) is 0.189. The Hall–Kier alpha value is -1.18. The number of alkyl halides is 1. The largest absolute Gasteiger partial charge is 0.414 e. The quantitative estimate of drug-likeness (QED) is 0.202. The first-order valence-corrected chi connectivity index (χ1v) is 22.0. The number of nitrogens with zero attached hydrogens (tertiary/aromatic N) is 4. The van der Waals surface area contributed by atoms with Gasteiger partial charge < -0.3 is 17.7 Å². The lowest BCUT2D eigenvalue weighted by Gasteiger charge is -2.51. The van der Waals surface area contributed by atoms with Crippen molar-refractivity contribution in [1.29, 1.82) is 0 Å². The molecule has 2 aromatic rings. The van der Waals surface area contributed by atoms with Crippen molar-refractivity contribution in [2.24, 2.45) is 0 Å². The Kier molecular flexibility index (Phi) is 8.85. The lowest BCUT2D eigenvalue weighted by atomic mass is 9.97. The van der Waals surface area contributed by atoms with Gasteiger partial charge in [0.1, 0.15) is 32.1 Å². The molecule has 4 rings (SSSR count). The predicted molar refractivity (Wildman–Crippen MR) is 163 cm³/mol. The lowest BCUT2D eigenvalue weighted by Crippen LogP contribution is -2.66. The minimum Gasteiger partial charge on any atom is -0.414 e. The molecule has 2 aliphatic rings. The van der Waals surface area contributed by atoms with Gasteiger partial charge in [-0.25, -0.2) is 19.3 Å². The van der Waals surface area contributed by atoms with Crippen LogP contribution in [-0.4, -0.2) is 69.2 Å². The molecule has 4 heterocycles. The van der Waals surface area contributed by atoms with Gasteiger partial charge in [0.15, 0.2) is 17.0 Å². The van der Waals surface area contributed by atoms with Crippen LogP contribution in [0.15, 0.2) is 12.7 Å². The van der Waals surface area contributed by atoms with Crippen LogP contribution in [0, 0.1) is 11.5 Å². The van der Waals surface area contributed by atoms with E-state index in [9.17, 15) is 0 Å². The Balaban J connectivity index is 1.94. The van der Waals surface area contributed by atoms with E-state index in [-0.39, 0.29) is 33.9 Å². The number of fused-ring (bicyclic) bond motifs is 2. The predicted octanol–water partition coefficient (Wildman–Crippen LogP) is 6.92. The first-order valence-electron chi connectivity index (χ1n) is 14.2. The molecule has 0 aromatic carbocycles. The van der Waals surface area contributed by atoms with Crippen LogP contribution in [0.5, 0.6) is 0 Å². The van der Waals surface area contributed by atoms with Crippen LogP contribution in [-0.2, 0) is 17.7 Å². The summed E-state index contributed by atoms with van der Waals surface area (Å²) in [6, 6.07) is 0. The van der Waals surface area contributed by atoms with E-state index in [2.05, 4.69) is 101 Å². The highest BCUT2D eigenvalue weighted by molar-refractivity contribution is 6.84. The highest BCUT2D eigenvalue weighted by Gasteiger charge is 2.66. The third-order valence-electron chi connectivity index (χ3n) is 7.93. The summed E-state index contributed by atoms with van der Waals surface area (Å²) in [5.74, 6) is 3.04. The van der Waals surface area contributed by atoms with Crippen LogP contribution in [0.4, 0.5) is 4.39 Å². The second-order valence-electron chi connectivity index (χ2n) is 13.3. The van der Waals surface area contributed by atoms with E-state index in [4.69, 9.17) is 29.3 Å². The summed E-state index contributed by atoms with van der Waals surface area (Å²) in [7, 11) is -7.93. The van der Waals surface area contributed by atoms with Gasteiger partial charge in [0.2, 0.25) is 5.67 Å². The highest BCUT2D eigenvalue weighted by atomic mass is 35.5. The van der Waals surface area contributed by atoms with Crippen LogP contribution < -0.4 is 0 Å². The number of hydrogen-bond acceptors (Lipinski definition) is 7. The van der Waals surface area contributed by atoms with Gasteiger partial charge in [0.05, 0.1) is 12.9 Å². The summed E-state index contributed by atoms with van der Waals surface area (Å²) in [5.41, 5.74) is 2.18. The lowest BCUT2D eigenvalue weighted by molar-refractivity contribution is -0.0568. The summed E-state index contributed by atoms with van der Waals surface area (Å²) in [6.07, 6.45) is -0.0855. The van der Waals surface area contributed by atoms with Gasteiger partial charge in [-0.15, -0.1) is 5.54 Å². The van der Waals surface area contributed by atoms with E-state index in [1.165, 1.54) is 12.7 Å². The van der Waals surface area contributed by atoms with E-state index >= 15 is 4.39 Å². The van der Waals surface area contributed by atoms with Crippen LogP contribution >= 0.6 is 11.6 Å². The molecular weight excluding hydrogens is 583 g/mol. The Morgan fingerprint density at radius 2 is 1.60 bits per heavy atom. The molecule has 2 aliphatic heterocycles. The molecule has 0 amide bonds. The van der Waals surface area contributed by atoms with Crippen molar-refractivity contribution < 1.29 is 22.1 Å². The summed E-state index contributed by atoms with van der Waals surface area (Å²) in [4.78, 5) is 12.8. The minimum atomic E-state index is -3.12.